The van der Waals surface area contributed by atoms with Crippen molar-refractivity contribution < 1.29 is 4.79 Å². The number of amides is 1. The van der Waals surface area contributed by atoms with E-state index < -0.39 is 0 Å². The van der Waals surface area contributed by atoms with Gasteiger partial charge in [0.1, 0.15) is 0 Å². The molecule has 1 heterocycles. The van der Waals surface area contributed by atoms with E-state index in [1.165, 1.54) is 6.20 Å². The van der Waals surface area contributed by atoms with Gasteiger partial charge in [0.25, 0.3) is 5.91 Å². The summed E-state index contributed by atoms with van der Waals surface area (Å²) < 4.78 is 0. The molecule has 4 nitrogen and oxygen atoms in total. The van der Waals surface area contributed by atoms with Gasteiger partial charge in [0.15, 0.2) is 0 Å². The van der Waals surface area contributed by atoms with E-state index in [4.69, 9.17) is 11.6 Å². The van der Waals surface area contributed by atoms with Crippen molar-refractivity contribution in [3.63, 3.8) is 0 Å². The van der Waals surface area contributed by atoms with Gasteiger partial charge in [-0.05, 0) is 39.9 Å². The van der Waals surface area contributed by atoms with Crippen molar-refractivity contribution in [1.82, 2.24) is 15.2 Å². The Morgan fingerprint density at radius 3 is 2.89 bits per heavy atom. The average molecular weight is 270 g/mol. The molecule has 0 unspecified atom stereocenters. The number of hydrogen-bond acceptors (Lipinski definition) is 3. The number of aromatic nitrogens is 1. The molecule has 0 aliphatic carbocycles. The van der Waals surface area contributed by atoms with Crippen molar-refractivity contribution >= 4 is 17.5 Å². The molecule has 1 aromatic rings. The second-order valence-electron chi connectivity index (χ2n) is 4.54. The third kappa shape index (κ3) is 4.63. The Labute approximate surface area is 113 Å². The first-order chi connectivity index (χ1) is 8.52. The summed E-state index contributed by atoms with van der Waals surface area (Å²) >= 11 is 5.91. The monoisotopic (exact) mass is 269 g/mol. The van der Waals surface area contributed by atoms with E-state index in [1.807, 2.05) is 0 Å². The molecular weight excluding hydrogens is 250 g/mol. The van der Waals surface area contributed by atoms with Gasteiger partial charge in [-0.25, -0.2) is 0 Å². The molecule has 0 aliphatic rings. The van der Waals surface area contributed by atoms with Crippen LogP contribution in [0.5, 0.6) is 0 Å². The van der Waals surface area contributed by atoms with Crippen LogP contribution in [0.3, 0.4) is 0 Å². The highest BCUT2D eigenvalue weighted by molar-refractivity contribution is 6.33. The molecule has 0 saturated heterocycles. The highest BCUT2D eigenvalue weighted by Crippen LogP contribution is 2.12. The van der Waals surface area contributed by atoms with E-state index in [1.54, 1.807) is 12.3 Å². The highest BCUT2D eigenvalue weighted by atomic mass is 35.5. The van der Waals surface area contributed by atoms with E-state index in [0.717, 1.165) is 13.0 Å². The smallest absolute Gasteiger partial charge is 0.254 e. The fourth-order valence-corrected chi connectivity index (χ4v) is 1.62. The van der Waals surface area contributed by atoms with Gasteiger partial charge in [-0.15, -0.1) is 0 Å². The SMILES string of the molecule is CC(C)N(C)CCCNC(=O)c1cnccc1Cl. The van der Waals surface area contributed by atoms with Gasteiger partial charge >= 0.3 is 0 Å². The summed E-state index contributed by atoms with van der Waals surface area (Å²) in [5, 5.41) is 3.28. The molecule has 0 atom stereocenters. The molecule has 0 spiro atoms. The van der Waals surface area contributed by atoms with Crippen LogP contribution in [0.2, 0.25) is 5.02 Å². The van der Waals surface area contributed by atoms with Crippen LogP contribution in [-0.2, 0) is 0 Å². The van der Waals surface area contributed by atoms with E-state index in [-0.39, 0.29) is 5.91 Å². The molecule has 0 bridgehead atoms. The van der Waals surface area contributed by atoms with Crippen LogP contribution in [0.1, 0.15) is 30.6 Å². The maximum Gasteiger partial charge on any atom is 0.254 e. The topological polar surface area (TPSA) is 45.2 Å². The number of carbonyl (C=O) groups is 1. The first-order valence-electron chi connectivity index (χ1n) is 6.10. The fraction of sp³-hybridized carbons (Fsp3) is 0.538. The summed E-state index contributed by atoms with van der Waals surface area (Å²) in [6.07, 6.45) is 3.97. The Morgan fingerprint density at radius 2 is 2.28 bits per heavy atom. The Morgan fingerprint density at radius 1 is 1.56 bits per heavy atom. The maximum atomic E-state index is 11.8. The number of hydrogen-bond donors (Lipinski definition) is 1. The summed E-state index contributed by atoms with van der Waals surface area (Å²) in [4.78, 5) is 17.9. The van der Waals surface area contributed by atoms with Crippen molar-refractivity contribution in [2.45, 2.75) is 26.3 Å². The lowest BCUT2D eigenvalue weighted by molar-refractivity contribution is 0.0951. The molecule has 1 amide bonds. The Kier molecular flexibility index (Phi) is 6.09. The van der Waals surface area contributed by atoms with Crippen LogP contribution in [0.4, 0.5) is 0 Å². The van der Waals surface area contributed by atoms with Gasteiger partial charge in [-0.3, -0.25) is 9.78 Å². The van der Waals surface area contributed by atoms with E-state index in [2.05, 4.69) is 36.1 Å². The lowest BCUT2D eigenvalue weighted by atomic mass is 10.2. The van der Waals surface area contributed by atoms with Gasteiger partial charge in [0.05, 0.1) is 10.6 Å². The molecule has 5 heteroatoms. The van der Waals surface area contributed by atoms with Gasteiger partial charge in [-0.1, -0.05) is 11.6 Å². The summed E-state index contributed by atoms with van der Waals surface area (Å²) in [6.45, 7) is 5.89. The van der Waals surface area contributed by atoms with Crippen LogP contribution >= 0.6 is 11.6 Å². The third-order valence-corrected chi connectivity index (χ3v) is 3.20. The van der Waals surface area contributed by atoms with Gasteiger partial charge in [0.2, 0.25) is 0 Å². The number of nitrogens with zero attached hydrogens (tertiary/aromatic N) is 2. The predicted molar refractivity (Wildman–Crippen MR) is 74.0 cm³/mol. The van der Waals surface area contributed by atoms with Crippen molar-refractivity contribution in [1.29, 1.82) is 0 Å². The molecule has 1 rings (SSSR count). The molecule has 1 N–H and O–H groups in total. The summed E-state index contributed by atoms with van der Waals surface area (Å²) in [5.74, 6) is -0.166. The third-order valence-electron chi connectivity index (χ3n) is 2.87. The number of pyridine rings is 1. The number of halogens is 1. The minimum absolute atomic E-state index is 0.166. The van der Waals surface area contributed by atoms with Gasteiger partial charge in [-0.2, -0.15) is 0 Å². The molecule has 100 valence electrons. The van der Waals surface area contributed by atoms with Crippen LogP contribution in [0.25, 0.3) is 0 Å². The zero-order valence-electron chi connectivity index (χ0n) is 11.1. The van der Waals surface area contributed by atoms with Crippen molar-refractivity contribution in [2.75, 3.05) is 20.1 Å². The largest absolute Gasteiger partial charge is 0.352 e. The average Bonchev–Trinajstić information content (AvgIpc) is 2.34. The standard InChI is InChI=1S/C13H20ClN3O/c1-10(2)17(3)8-4-6-16-13(18)11-9-15-7-5-12(11)14/h5,7,9-10H,4,6,8H2,1-3H3,(H,16,18). The van der Waals surface area contributed by atoms with Crippen LogP contribution < -0.4 is 5.32 Å². The lowest BCUT2D eigenvalue weighted by Crippen LogP contribution is -2.31. The molecule has 0 aliphatic heterocycles. The second-order valence-corrected chi connectivity index (χ2v) is 4.95. The first kappa shape index (κ1) is 14.9. The number of carbonyl (C=O) groups excluding carboxylic acids is 1. The van der Waals surface area contributed by atoms with Crippen molar-refractivity contribution in [3.8, 4) is 0 Å². The van der Waals surface area contributed by atoms with Crippen molar-refractivity contribution in [3.05, 3.63) is 29.0 Å². The van der Waals surface area contributed by atoms with Gasteiger partial charge in [0, 0.05) is 25.0 Å². The van der Waals surface area contributed by atoms with Crippen LogP contribution in [0, 0.1) is 0 Å². The van der Waals surface area contributed by atoms with Gasteiger partial charge < -0.3 is 10.2 Å². The zero-order chi connectivity index (χ0) is 13.5. The molecule has 0 saturated carbocycles. The maximum absolute atomic E-state index is 11.8. The minimum atomic E-state index is -0.166. The van der Waals surface area contributed by atoms with Crippen LogP contribution in [-0.4, -0.2) is 42.0 Å². The van der Waals surface area contributed by atoms with E-state index in [0.29, 0.717) is 23.2 Å². The summed E-state index contributed by atoms with van der Waals surface area (Å²) in [5.41, 5.74) is 0.427. The first-order valence-corrected chi connectivity index (χ1v) is 6.48. The summed E-state index contributed by atoms with van der Waals surface area (Å²) in [7, 11) is 2.07. The van der Waals surface area contributed by atoms with Crippen LogP contribution in [0.15, 0.2) is 18.5 Å². The Balaban J connectivity index is 2.32. The number of rotatable bonds is 6. The molecule has 1 aromatic heterocycles. The second kappa shape index (κ2) is 7.34. The quantitative estimate of drug-likeness (QED) is 0.806. The summed E-state index contributed by atoms with van der Waals surface area (Å²) in [6, 6.07) is 2.14. The van der Waals surface area contributed by atoms with Crippen molar-refractivity contribution in [2.24, 2.45) is 0 Å². The van der Waals surface area contributed by atoms with E-state index >= 15 is 0 Å². The normalized spacial score (nSPS) is 11.0. The molecule has 18 heavy (non-hydrogen) atoms. The lowest BCUT2D eigenvalue weighted by Gasteiger charge is -2.20. The fourth-order valence-electron chi connectivity index (χ4n) is 1.43. The number of nitrogens with one attached hydrogen (secondary N) is 1. The minimum Gasteiger partial charge on any atom is -0.352 e. The predicted octanol–water partition coefficient (Wildman–Crippen LogP) is 2.20. The Hall–Kier alpha value is -1.13. The Bertz CT molecular complexity index is 396. The zero-order valence-corrected chi connectivity index (χ0v) is 11.9. The highest BCUT2D eigenvalue weighted by Gasteiger charge is 2.09. The molecule has 0 radical (unpaired) electrons. The molecule has 0 fully saturated rings. The molecule has 0 aromatic carbocycles. The van der Waals surface area contributed by atoms with E-state index in [9.17, 15) is 4.79 Å². The molecular formula is C13H20ClN3O.